The highest BCUT2D eigenvalue weighted by Gasteiger charge is 2.02. The summed E-state index contributed by atoms with van der Waals surface area (Å²) in [6.07, 6.45) is 1.92. The molecule has 0 aliphatic rings. The van der Waals surface area contributed by atoms with E-state index in [0.29, 0.717) is 24.7 Å². The number of esters is 1. The average molecular weight is 234 g/mol. The zero-order chi connectivity index (χ0) is 11.5. The Morgan fingerprint density at radius 1 is 1.47 bits per heavy atom. The second-order valence-electron chi connectivity index (χ2n) is 2.92. The average Bonchev–Trinajstić information content (AvgIpc) is 2.17. The predicted molar refractivity (Wildman–Crippen MR) is 60.8 cm³/mol. The number of hydrogen-bond acceptors (Lipinski definition) is 4. The zero-order valence-electron chi connectivity index (χ0n) is 8.95. The molecule has 0 rings (SSSR count). The highest BCUT2D eigenvalue weighted by molar-refractivity contribution is 7.99. The lowest BCUT2D eigenvalue weighted by atomic mass is 10.4. The van der Waals surface area contributed by atoms with E-state index in [2.05, 4.69) is 5.32 Å². The molecule has 6 heteroatoms. The van der Waals surface area contributed by atoms with Gasteiger partial charge in [0.05, 0.1) is 12.4 Å². The van der Waals surface area contributed by atoms with E-state index in [1.165, 1.54) is 11.8 Å². The summed E-state index contributed by atoms with van der Waals surface area (Å²) in [6, 6.07) is -0.541. The van der Waals surface area contributed by atoms with Gasteiger partial charge in [0.15, 0.2) is 0 Å². The lowest BCUT2D eigenvalue weighted by Crippen LogP contribution is -2.31. The first-order chi connectivity index (χ1) is 7.16. The Morgan fingerprint density at radius 3 is 2.80 bits per heavy atom. The van der Waals surface area contributed by atoms with Gasteiger partial charge >= 0.3 is 12.0 Å². The standard InChI is InChI=1S/C9H18N2O3S/c1-2-3-5-14-8(12)7-15-6-4-11-9(10)13/h2-7H2,1H3,(H3,10,11,13). The molecule has 2 amide bonds. The van der Waals surface area contributed by atoms with Gasteiger partial charge in [0.2, 0.25) is 0 Å². The molecule has 0 saturated carbocycles. The zero-order valence-corrected chi connectivity index (χ0v) is 9.77. The smallest absolute Gasteiger partial charge is 0.315 e. The van der Waals surface area contributed by atoms with Gasteiger partial charge in [-0.1, -0.05) is 13.3 Å². The molecular weight excluding hydrogens is 216 g/mol. The Balaban J connectivity index is 3.20. The van der Waals surface area contributed by atoms with Crippen molar-refractivity contribution < 1.29 is 14.3 Å². The summed E-state index contributed by atoms with van der Waals surface area (Å²) in [7, 11) is 0. The first kappa shape index (κ1) is 14.1. The summed E-state index contributed by atoms with van der Waals surface area (Å²) in [6.45, 7) is 3.01. The summed E-state index contributed by atoms with van der Waals surface area (Å²) in [5.41, 5.74) is 4.86. The molecular formula is C9H18N2O3S. The molecule has 88 valence electrons. The molecule has 0 heterocycles. The Labute approximate surface area is 94.1 Å². The van der Waals surface area contributed by atoms with Crippen molar-refractivity contribution in [2.75, 3.05) is 24.7 Å². The quantitative estimate of drug-likeness (QED) is 0.479. The van der Waals surface area contributed by atoms with Crippen LogP contribution in [0.3, 0.4) is 0 Å². The molecule has 0 aromatic heterocycles. The molecule has 3 N–H and O–H groups in total. The summed E-state index contributed by atoms with van der Waals surface area (Å²) in [5, 5.41) is 2.44. The van der Waals surface area contributed by atoms with Crippen LogP contribution >= 0.6 is 11.8 Å². The highest BCUT2D eigenvalue weighted by Crippen LogP contribution is 2.00. The van der Waals surface area contributed by atoms with E-state index in [1.807, 2.05) is 6.92 Å². The minimum Gasteiger partial charge on any atom is -0.465 e. The third-order valence-corrected chi connectivity index (χ3v) is 2.46. The first-order valence-corrected chi connectivity index (χ1v) is 6.09. The monoisotopic (exact) mass is 234 g/mol. The number of nitrogens with two attached hydrogens (primary N) is 1. The fourth-order valence-corrected chi connectivity index (χ4v) is 1.41. The second-order valence-corrected chi connectivity index (χ2v) is 4.02. The van der Waals surface area contributed by atoms with Crippen molar-refractivity contribution in [2.24, 2.45) is 5.73 Å². The van der Waals surface area contributed by atoms with Crippen LogP contribution in [0.15, 0.2) is 0 Å². The molecule has 0 bridgehead atoms. The summed E-state index contributed by atoms with van der Waals surface area (Å²) >= 11 is 1.42. The summed E-state index contributed by atoms with van der Waals surface area (Å²) in [4.78, 5) is 21.3. The molecule has 0 spiro atoms. The van der Waals surface area contributed by atoms with E-state index in [0.717, 1.165) is 12.8 Å². The van der Waals surface area contributed by atoms with Gasteiger partial charge < -0.3 is 15.8 Å². The van der Waals surface area contributed by atoms with Gasteiger partial charge in [-0.3, -0.25) is 4.79 Å². The molecule has 0 aromatic carbocycles. The Hall–Kier alpha value is -0.910. The maximum Gasteiger partial charge on any atom is 0.315 e. The summed E-state index contributed by atoms with van der Waals surface area (Å²) in [5.74, 6) is 0.781. The number of unbranched alkanes of at least 4 members (excludes halogenated alkanes) is 1. The number of urea groups is 1. The van der Waals surface area contributed by atoms with Crippen molar-refractivity contribution in [3.8, 4) is 0 Å². The van der Waals surface area contributed by atoms with Crippen molar-refractivity contribution in [1.29, 1.82) is 0 Å². The van der Waals surface area contributed by atoms with E-state index in [1.54, 1.807) is 0 Å². The lowest BCUT2D eigenvalue weighted by molar-refractivity contribution is -0.140. The molecule has 0 aromatic rings. The highest BCUT2D eigenvalue weighted by atomic mass is 32.2. The van der Waals surface area contributed by atoms with Crippen LogP contribution in [0.4, 0.5) is 4.79 Å². The van der Waals surface area contributed by atoms with E-state index >= 15 is 0 Å². The van der Waals surface area contributed by atoms with Crippen molar-refractivity contribution in [2.45, 2.75) is 19.8 Å². The van der Waals surface area contributed by atoms with Crippen LogP contribution in [0, 0.1) is 0 Å². The molecule has 15 heavy (non-hydrogen) atoms. The van der Waals surface area contributed by atoms with Crippen LogP contribution in [0.25, 0.3) is 0 Å². The molecule has 0 atom stereocenters. The van der Waals surface area contributed by atoms with Gasteiger partial charge in [-0.05, 0) is 6.42 Å². The molecule has 5 nitrogen and oxygen atoms in total. The number of primary amides is 1. The maximum atomic E-state index is 11.1. The van der Waals surface area contributed by atoms with Gasteiger partial charge in [-0.2, -0.15) is 0 Å². The number of amides is 2. The molecule has 0 saturated heterocycles. The minimum atomic E-state index is -0.541. The van der Waals surface area contributed by atoms with Crippen molar-refractivity contribution in [3.63, 3.8) is 0 Å². The van der Waals surface area contributed by atoms with Gasteiger partial charge in [0, 0.05) is 12.3 Å². The Bertz CT molecular complexity index is 200. The summed E-state index contributed by atoms with van der Waals surface area (Å²) < 4.78 is 4.94. The third kappa shape index (κ3) is 11.0. The van der Waals surface area contributed by atoms with Gasteiger partial charge in [0.1, 0.15) is 0 Å². The fourth-order valence-electron chi connectivity index (χ4n) is 0.774. The van der Waals surface area contributed by atoms with Crippen LogP contribution in [0.1, 0.15) is 19.8 Å². The molecule has 0 unspecified atom stereocenters. The van der Waals surface area contributed by atoms with E-state index in [4.69, 9.17) is 10.5 Å². The van der Waals surface area contributed by atoms with Crippen molar-refractivity contribution in [3.05, 3.63) is 0 Å². The minimum absolute atomic E-state index is 0.201. The third-order valence-electron chi connectivity index (χ3n) is 1.53. The van der Waals surface area contributed by atoms with Gasteiger partial charge in [-0.25, -0.2) is 4.79 Å². The van der Waals surface area contributed by atoms with Crippen molar-refractivity contribution in [1.82, 2.24) is 5.32 Å². The number of thioether (sulfide) groups is 1. The van der Waals surface area contributed by atoms with Crippen LogP contribution in [0.5, 0.6) is 0 Å². The van der Waals surface area contributed by atoms with Crippen LogP contribution < -0.4 is 11.1 Å². The molecule has 0 aliphatic heterocycles. The molecule has 0 fully saturated rings. The topological polar surface area (TPSA) is 81.4 Å². The fraction of sp³-hybridized carbons (Fsp3) is 0.778. The molecule has 0 radical (unpaired) electrons. The predicted octanol–water partition coefficient (Wildman–Crippen LogP) is 0.731. The lowest BCUT2D eigenvalue weighted by Gasteiger charge is -2.03. The van der Waals surface area contributed by atoms with Crippen molar-refractivity contribution >= 4 is 23.8 Å². The van der Waals surface area contributed by atoms with Crippen LogP contribution in [-0.2, 0) is 9.53 Å². The van der Waals surface area contributed by atoms with Crippen LogP contribution in [-0.4, -0.2) is 36.7 Å². The number of rotatable bonds is 8. The first-order valence-electron chi connectivity index (χ1n) is 4.93. The molecule has 0 aliphatic carbocycles. The van der Waals surface area contributed by atoms with E-state index < -0.39 is 6.03 Å². The second kappa shape index (κ2) is 9.64. The SMILES string of the molecule is CCCCOC(=O)CSCCNC(N)=O. The Morgan fingerprint density at radius 2 is 2.20 bits per heavy atom. The van der Waals surface area contributed by atoms with Crippen LogP contribution in [0.2, 0.25) is 0 Å². The number of carbonyl (C=O) groups excluding carboxylic acids is 2. The van der Waals surface area contributed by atoms with E-state index in [9.17, 15) is 9.59 Å². The Kier molecular flexibility index (Phi) is 9.05. The van der Waals surface area contributed by atoms with E-state index in [-0.39, 0.29) is 5.97 Å². The number of hydrogen-bond donors (Lipinski definition) is 2. The number of ether oxygens (including phenoxy) is 1. The largest absolute Gasteiger partial charge is 0.465 e. The number of carbonyl (C=O) groups is 2. The number of nitrogens with one attached hydrogen (secondary N) is 1. The normalized spacial score (nSPS) is 9.67. The maximum absolute atomic E-state index is 11.1. The van der Waals surface area contributed by atoms with Gasteiger partial charge in [-0.15, -0.1) is 11.8 Å². The van der Waals surface area contributed by atoms with Gasteiger partial charge in [0.25, 0.3) is 0 Å².